The minimum Gasteiger partial charge on any atom is -0.450 e. The molecule has 0 saturated heterocycles. The molecule has 1 aromatic carbocycles. The first-order chi connectivity index (χ1) is 10.8. The smallest absolute Gasteiger partial charge is 0.415 e. The number of ether oxygens (including phenoxy) is 2. The first-order valence-electron chi connectivity index (χ1n) is 7.11. The molecule has 1 heterocycles. The third-order valence-electron chi connectivity index (χ3n) is 2.52. The Hall–Kier alpha value is -2.77. The van der Waals surface area contributed by atoms with Gasteiger partial charge in [0, 0.05) is 5.69 Å². The monoisotopic (exact) mass is 321 g/mol. The summed E-state index contributed by atoms with van der Waals surface area (Å²) in [6, 6.07) is 4.89. The van der Waals surface area contributed by atoms with E-state index in [0.29, 0.717) is 16.8 Å². The van der Waals surface area contributed by atoms with Crippen LogP contribution in [0.15, 0.2) is 22.6 Å². The molecule has 8 nitrogen and oxygen atoms in total. The SMILES string of the molecule is CCOC(=O)Nc1ccc2oc(NC(=O)OC(C)(C)C)nc2c1. The summed E-state index contributed by atoms with van der Waals surface area (Å²) in [5.74, 6) is 0. The lowest BCUT2D eigenvalue weighted by Crippen LogP contribution is -2.27. The molecule has 0 aliphatic heterocycles. The van der Waals surface area contributed by atoms with Crippen LogP contribution in [0.1, 0.15) is 27.7 Å². The largest absolute Gasteiger partial charge is 0.450 e. The molecule has 2 rings (SSSR count). The standard InChI is InChI=1S/C15H19N3O5/c1-5-21-13(19)16-9-6-7-11-10(8-9)17-12(22-11)18-14(20)23-15(2,3)4/h6-8H,5H2,1-4H3,(H,16,19)(H,17,18,20). The highest BCUT2D eigenvalue weighted by Gasteiger charge is 2.18. The summed E-state index contributed by atoms with van der Waals surface area (Å²) in [6.07, 6.45) is -1.21. The van der Waals surface area contributed by atoms with Gasteiger partial charge in [-0.05, 0) is 45.9 Å². The van der Waals surface area contributed by atoms with E-state index >= 15 is 0 Å². The van der Waals surface area contributed by atoms with E-state index in [4.69, 9.17) is 13.9 Å². The number of amides is 2. The topological polar surface area (TPSA) is 103 Å². The van der Waals surface area contributed by atoms with Gasteiger partial charge in [-0.1, -0.05) is 0 Å². The van der Waals surface area contributed by atoms with Crippen molar-refractivity contribution >= 4 is 35.0 Å². The van der Waals surface area contributed by atoms with Gasteiger partial charge in [0.15, 0.2) is 5.58 Å². The lowest BCUT2D eigenvalue weighted by atomic mass is 10.2. The van der Waals surface area contributed by atoms with Gasteiger partial charge in [-0.3, -0.25) is 5.32 Å². The maximum atomic E-state index is 11.7. The number of aromatic nitrogens is 1. The molecule has 0 aliphatic carbocycles. The summed E-state index contributed by atoms with van der Waals surface area (Å²) < 4.78 is 15.3. The van der Waals surface area contributed by atoms with E-state index in [1.54, 1.807) is 45.9 Å². The van der Waals surface area contributed by atoms with Crippen LogP contribution in [0.2, 0.25) is 0 Å². The van der Waals surface area contributed by atoms with Crippen molar-refractivity contribution in [1.29, 1.82) is 0 Å². The van der Waals surface area contributed by atoms with E-state index in [2.05, 4.69) is 15.6 Å². The number of anilines is 2. The molecule has 1 aromatic heterocycles. The Morgan fingerprint density at radius 2 is 1.96 bits per heavy atom. The van der Waals surface area contributed by atoms with Crippen LogP contribution >= 0.6 is 0 Å². The number of benzene rings is 1. The second kappa shape index (κ2) is 6.55. The van der Waals surface area contributed by atoms with Crippen molar-refractivity contribution in [1.82, 2.24) is 4.98 Å². The number of rotatable bonds is 3. The molecule has 0 radical (unpaired) electrons. The fourth-order valence-electron chi connectivity index (χ4n) is 1.73. The zero-order valence-electron chi connectivity index (χ0n) is 13.4. The summed E-state index contributed by atoms with van der Waals surface area (Å²) in [6.45, 7) is 7.26. The van der Waals surface area contributed by atoms with E-state index in [0.717, 1.165) is 0 Å². The van der Waals surface area contributed by atoms with Crippen molar-refractivity contribution in [2.24, 2.45) is 0 Å². The lowest BCUT2D eigenvalue weighted by Gasteiger charge is -2.18. The van der Waals surface area contributed by atoms with Gasteiger partial charge < -0.3 is 13.9 Å². The van der Waals surface area contributed by atoms with E-state index in [-0.39, 0.29) is 12.6 Å². The zero-order chi connectivity index (χ0) is 17.0. The summed E-state index contributed by atoms with van der Waals surface area (Å²) in [4.78, 5) is 27.2. The summed E-state index contributed by atoms with van der Waals surface area (Å²) in [7, 11) is 0. The maximum absolute atomic E-state index is 11.7. The number of hydrogen-bond acceptors (Lipinski definition) is 6. The third-order valence-corrected chi connectivity index (χ3v) is 2.52. The zero-order valence-corrected chi connectivity index (χ0v) is 13.4. The summed E-state index contributed by atoms with van der Waals surface area (Å²) in [5, 5.41) is 4.98. The second-order valence-corrected chi connectivity index (χ2v) is 5.67. The van der Waals surface area contributed by atoms with Crippen molar-refractivity contribution in [2.45, 2.75) is 33.3 Å². The van der Waals surface area contributed by atoms with Crippen LogP contribution in [0.3, 0.4) is 0 Å². The molecule has 0 aliphatic rings. The molecule has 0 unspecified atom stereocenters. The van der Waals surface area contributed by atoms with Crippen molar-refractivity contribution < 1.29 is 23.5 Å². The molecule has 2 N–H and O–H groups in total. The average molecular weight is 321 g/mol. The second-order valence-electron chi connectivity index (χ2n) is 5.67. The minimum absolute atomic E-state index is 0.0162. The van der Waals surface area contributed by atoms with Crippen LogP contribution < -0.4 is 10.6 Å². The van der Waals surface area contributed by atoms with Crippen LogP contribution in [0.25, 0.3) is 11.1 Å². The molecule has 124 valence electrons. The molecule has 8 heteroatoms. The Bertz CT molecular complexity index is 717. The van der Waals surface area contributed by atoms with Gasteiger partial charge in [0.05, 0.1) is 6.61 Å². The Morgan fingerprint density at radius 1 is 1.22 bits per heavy atom. The Balaban J connectivity index is 2.10. The van der Waals surface area contributed by atoms with E-state index in [1.807, 2.05) is 0 Å². The highest BCUT2D eigenvalue weighted by molar-refractivity contribution is 5.89. The maximum Gasteiger partial charge on any atom is 0.415 e. The number of nitrogens with one attached hydrogen (secondary N) is 2. The van der Waals surface area contributed by atoms with Gasteiger partial charge in [-0.15, -0.1) is 0 Å². The molecular formula is C15H19N3O5. The summed E-state index contributed by atoms with van der Waals surface area (Å²) in [5.41, 5.74) is 0.830. The number of hydrogen-bond donors (Lipinski definition) is 2. The molecule has 0 bridgehead atoms. The minimum atomic E-state index is -0.658. The van der Waals surface area contributed by atoms with E-state index in [9.17, 15) is 9.59 Å². The van der Waals surface area contributed by atoms with Crippen LogP contribution in [-0.4, -0.2) is 29.4 Å². The molecule has 2 amide bonds. The summed E-state index contributed by atoms with van der Waals surface area (Å²) >= 11 is 0. The fraction of sp³-hybridized carbons (Fsp3) is 0.400. The van der Waals surface area contributed by atoms with Crippen LogP contribution in [0, 0.1) is 0 Å². The average Bonchev–Trinajstić information content (AvgIpc) is 2.77. The van der Waals surface area contributed by atoms with Crippen molar-refractivity contribution in [3.63, 3.8) is 0 Å². The van der Waals surface area contributed by atoms with Gasteiger partial charge in [0.2, 0.25) is 0 Å². The van der Waals surface area contributed by atoms with Gasteiger partial charge in [0.25, 0.3) is 0 Å². The molecule has 23 heavy (non-hydrogen) atoms. The third kappa shape index (κ3) is 4.87. The number of oxazole rings is 1. The molecule has 0 saturated carbocycles. The first-order valence-corrected chi connectivity index (χ1v) is 7.11. The van der Waals surface area contributed by atoms with E-state index < -0.39 is 17.8 Å². The van der Waals surface area contributed by atoms with Gasteiger partial charge in [-0.2, -0.15) is 4.98 Å². The Kier molecular flexibility index (Phi) is 4.73. The molecular weight excluding hydrogens is 302 g/mol. The lowest BCUT2D eigenvalue weighted by molar-refractivity contribution is 0.0632. The normalized spacial score (nSPS) is 11.1. The molecule has 2 aromatic rings. The quantitative estimate of drug-likeness (QED) is 0.892. The highest BCUT2D eigenvalue weighted by Crippen LogP contribution is 2.23. The Morgan fingerprint density at radius 3 is 2.61 bits per heavy atom. The predicted octanol–water partition coefficient (Wildman–Crippen LogP) is 3.74. The number of carbonyl (C=O) groups is 2. The van der Waals surface area contributed by atoms with Crippen LogP contribution in [-0.2, 0) is 9.47 Å². The molecule has 0 fully saturated rings. The van der Waals surface area contributed by atoms with Gasteiger partial charge in [-0.25, -0.2) is 14.9 Å². The highest BCUT2D eigenvalue weighted by atomic mass is 16.6. The van der Waals surface area contributed by atoms with Crippen molar-refractivity contribution in [3.8, 4) is 0 Å². The first kappa shape index (κ1) is 16.6. The van der Waals surface area contributed by atoms with Crippen LogP contribution in [0.4, 0.5) is 21.3 Å². The van der Waals surface area contributed by atoms with Crippen molar-refractivity contribution in [2.75, 3.05) is 17.2 Å². The number of nitrogens with zero attached hydrogens (tertiary/aromatic N) is 1. The number of carbonyl (C=O) groups excluding carboxylic acids is 2. The molecule has 0 atom stereocenters. The van der Waals surface area contributed by atoms with E-state index in [1.165, 1.54) is 0 Å². The predicted molar refractivity (Wildman–Crippen MR) is 84.5 cm³/mol. The number of fused-ring (bicyclic) bond motifs is 1. The van der Waals surface area contributed by atoms with Crippen LogP contribution in [0.5, 0.6) is 0 Å². The van der Waals surface area contributed by atoms with Crippen molar-refractivity contribution in [3.05, 3.63) is 18.2 Å². The molecule has 0 spiro atoms. The fourth-order valence-corrected chi connectivity index (χ4v) is 1.73. The van der Waals surface area contributed by atoms with Gasteiger partial charge in [0.1, 0.15) is 11.1 Å². The Labute approximate surface area is 133 Å². The van der Waals surface area contributed by atoms with Gasteiger partial charge >= 0.3 is 18.2 Å².